The van der Waals surface area contributed by atoms with E-state index in [9.17, 15) is 4.79 Å². The zero-order chi connectivity index (χ0) is 13.7. The first-order chi connectivity index (χ1) is 9.26. The molecule has 1 aromatic rings. The summed E-state index contributed by atoms with van der Waals surface area (Å²) in [5.74, 6) is 0.143. The van der Waals surface area contributed by atoms with Crippen molar-refractivity contribution >= 4 is 5.91 Å². The van der Waals surface area contributed by atoms with Gasteiger partial charge in [-0.3, -0.25) is 4.79 Å². The Morgan fingerprint density at radius 3 is 2.95 bits per heavy atom. The number of benzene rings is 1. The minimum Gasteiger partial charge on any atom is -0.383 e. The Hall–Kier alpha value is -1.39. The first-order valence-electron chi connectivity index (χ1n) is 6.79. The summed E-state index contributed by atoms with van der Waals surface area (Å²) < 4.78 is 5.17. The SMILES string of the molecule is CNC(COC)CN1CCCc2ccccc2C1=O. The average molecular weight is 262 g/mol. The van der Waals surface area contributed by atoms with Crippen LogP contribution >= 0.6 is 0 Å². The second kappa shape index (κ2) is 6.68. The smallest absolute Gasteiger partial charge is 0.254 e. The van der Waals surface area contributed by atoms with Gasteiger partial charge in [-0.2, -0.15) is 0 Å². The lowest BCUT2D eigenvalue weighted by molar-refractivity contribution is 0.0712. The first-order valence-corrected chi connectivity index (χ1v) is 6.79. The third-order valence-electron chi connectivity index (χ3n) is 3.63. The van der Waals surface area contributed by atoms with Gasteiger partial charge in [0, 0.05) is 31.8 Å². The van der Waals surface area contributed by atoms with Crippen LogP contribution in [0.2, 0.25) is 0 Å². The number of hydrogen-bond acceptors (Lipinski definition) is 3. The van der Waals surface area contributed by atoms with Crippen molar-refractivity contribution < 1.29 is 9.53 Å². The molecule has 0 fully saturated rings. The molecule has 0 aromatic heterocycles. The number of carbonyl (C=O) groups is 1. The van der Waals surface area contributed by atoms with E-state index in [4.69, 9.17) is 4.74 Å². The Morgan fingerprint density at radius 1 is 1.42 bits per heavy atom. The number of nitrogens with one attached hydrogen (secondary N) is 1. The summed E-state index contributed by atoms with van der Waals surface area (Å²) in [5, 5.41) is 3.20. The molecule has 0 saturated heterocycles. The van der Waals surface area contributed by atoms with Gasteiger partial charge in [0.15, 0.2) is 0 Å². The molecule has 0 saturated carbocycles. The molecule has 4 heteroatoms. The van der Waals surface area contributed by atoms with E-state index in [-0.39, 0.29) is 11.9 Å². The Balaban J connectivity index is 2.12. The topological polar surface area (TPSA) is 41.6 Å². The number of methoxy groups -OCH3 is 1. The van der Waals surface area contributed by atoms with Crippen molar-refractivity contribution in [2.24, 2.45) is 0 Å². The molecule has 1 unspecified atom stereocenters. The molecule has 1 aliphatic rings. The van der Waals surface area contributed by atoms with Gasteiger partial charge >= 0.3 is 0 Å². The molecule has 1 atom stereocenters. The predicted molar refractivity (Wildman–Crippen MR) is 75.4 cm³/mol. The molecule has 19 heavy (non-hydrogen) atoms. The van der Waals surface area contributed by atoms with Crippen LogP contribution in [0.5, 0.6) is 0 Å². The number of fused-ring (bicyclic) bond motifs is 1. The van der Waals surface area contributed by atoms with Crippen molar-refractivity contribution in [3.05, 3.63) is 35.4 Å². The summed E-state index contributed by atoms with van der Waals surface area (Å²) in [4.78, 5) is 14.5. The number of ether oxygens (including phenoxy) is 1. The van der Waals surface area contributed by atoms with Gasteiger partial charge in [0.1, 0.15) is 0 Å². The van der Waals surface area contributed by atoms with Crippen molar-refractivity contribution in [1.29, 1.82) is 0 Å². The van der Waals surface area contributed by atoms with Gasteiger partial charge in [0.05, 0.1) is 6.61 Å². The molecule has 1 aliphatic heterocycles. The van der Waals surface area contributed by atoms with Crippen LogP contribution in [-0.4, -0.2) is 50.7 Å². The van der Waals surface area contributed by atoms with E-state index in [1.54, 1.807) is 7.11 Å². The van der Waals surface area contributed by atoms with Gasteiger partial charge in [0.25, 0.3) is 5.91 Å². The molecular weight excluding hydrogens is 240 g/mol. The van der Waals surface area contributed by atoms with E-state index in [1.807, 2.05) is 30.1 Å². The van der Waals surface area contributed by atoms with Gasteiger partial charge in [-0.05, 0) is 31.5 Å². The van der Waals surface area contributed by atoms with E-state index < -0.39 is 0 Å². The highest BCUT2D eigenvalue weighted by Crippen LogP contribution is 2.18. The van der Waals surface area contributed by atoms with Gasteiger partial charge in [-0.1, -0.05) is 18.2 Å². The fourth-order valence-electron chi connectivity index (χ4n) is 2.55. The van der Waals surface area contributed by atoms with Crippen LogP contribution in [0.1, 0.15) is 22.3 Å². The summed E-state index contributed by atoms with van der Waals surface area (Å²) in [5.41, 5.74) is 2.02. The van der Waals surface area contributed by atoms with E-state index in [0.717, 1.165) is 24.9 Å². The van der Waals surface area contributed by atoms with Crippen molar-refractivity contribution in [3.8, 4) is 0 Å². The highest BCUT2D eigenvalue weighted by molar-refractivity contribution is 5.96. The highest BCUT2D eigenvalue weighted by atomic mass is 16.5. The van der Waals surface area contributed by atoms with Crippen LogP contribution in [0.4, 0.5) is 0 Å². The second-order valence-corrected chi connectivity index (χ2v) is 4.95. The van der Waals surface area contributed by atoms with Crippen molar-refractivity contribution in [2.45, 2.75) is 18.9 Å². The fraction of sp³-hybridized carbons (Fsp3) is 0.533. The van der Waals surface area contributed by atoms with Crippen LogP contribution in [-0.2, 0) is 11.2 Å². The van der Waals surface area contributed by atoms with Gasteiger partial charge < -0.3 is 15.0 Å². The number of likely N-dealkylation sites (N-methyl/N-ethyl adjacent to an activating group) is 1. The van der Waals surface area contributed by atoms with E-state index in [0.29, 0.717) is 13.2 Å². The number of hydrogen-bond donors (Lipinski definition) is 1. The molecule has 1 N–H and O–H groups in total. The monoisotopic (exact) mass is 262 g/mol. The minimum absolute atomic E-state index is 0.143. The van der Waals surface area contributed by atoms with Crippen LogP contribution in [0, 0.1) is 0 Å². The summed E-state index contributed by atoms with van der Waals surface area (Å²) in [6.07, 6.45) is 2.00. The van der Waals surface area contributed by atoms with E-state index >= 15 is 0 Å². The maximum atomic E-state index is 12.5. The Kier molecular flexibility index (Phi) is 4.93. The molecule has 104 valence electrons. The maximum Gasteiger partial charge on any atom is 0.254 e. The average Bonchev–Trinajstić information content (AvgIpc) is 2.59. The lowest BCUT2D eigenvalue weighted by Crippen LogP contribution is -2.44. The van der Waals surface area contributed by atoms with Gasteiger partial charge in [-0.25, -0.2) is 0 Å². The van der Waals surface area contributed by atoms with Crippen molar-refractivity contribution in [2.75, 3.05) is 33.9 Å². The number of nitrogens with zero attached hydrogens (tertiary/aromatic N) is 1. The summed E-state index contributed by atoms with van der Waals surface area (Å²) in [7, 11) is 3.59. The summed E-state index contributed by atoms with van der Waals surface area (Å²) in [6.45, 7) is 2.12. The normalized spacial score (nSPS) is 16.9. The number of aryl methyl sites for hydroxylation is 1. The molecule has 4 nitrogen and oxygen atoms in total. The van der Waals surface area contributed by atoms with Crippen LogP contribution in [0.3, 0.4) is 0 Å². The minimum atomic E-state index is 0.143. The third kappa shape index (κ3) is 3.33. The molecule has 1 aromatic carbocycles. The molecule has 2 rings (SSSR count). The van der Waals surface area contributed by atoms with Crippen LogP contribution in [0.25, 0.3) is 0 Å². The number of rotatable bonds is 5. The summed E-state index contributed by atoms with van der Waals surface area (Å²) in [6, 6.07) is 8.11. The standard InChI is InChI=1S/C15H22N2O2/c1-16-13(11-19-2)10-17-9-5-7-12-6-3-4-8-14(12)15(17)18/h3-4,6,8,13,16H,5,7,9-11H2,1-2H3. The Labute approximate surface area is 114 Å². The lowest BCUT2D eigenvalue weighted by Gasteiger charge is -2.26. The number of carbonyl (C=O) groups excluding carboxylic acids is 1. The molecule has 1 amide bonds. The van der Waals surface area contributed by atoms with Gasteiger partial charge in [0.2, 0.25) is 0 Å². The lowest BCUT2D eigenvalue weighted by atomic mass is 10.0. The highest BCUT2D eigenvalue weighted by Gasteiger charge is 2.23. The van der Waals surface area contributed by atoms with Crippen LogP contribution in [0.15, 0.2) is 24.3 Å². The van der Waals surface area contributed by atoms with Crippen molar-refractivity contribution in [3.63, 3.8) is 0 Å². The first kappa shape index (κ1) is 14.0. The third-order valence-corrected chi connectivity index (χ3v) is 3.63. The van der Waals surface area contributed by atoms with E-state index in [1.165, 1.54) is 5.56 Å². The fourth-order valence-corrected chi connectivity index (χ4v) is 2.55. The van der Waals surface area contributed by atoms with Crippen molar-refractivity contribution in [1.82, 2.24) is 10.2 Å². The molecule has 0 aliphatic carbocycles. The molecule has 1 heterocycles. The predicted octanol–water partition coefficient (Wildman–Crippen LogP) is 1.31. The van der Waals surface area contributed by atoms with Gasteiger partial charge in [-0.15, -0.1) is 0 Å². The zero-order valence-electron chi connectivity index (χ0n) is 11.7. The quantitative estimate of drug-likeness (QED) is 0.870. The Morgan fingerprint density at radius 2 is 2.21 bits per heavy atom. The zero-order valence-corrected chi connectivity index (χ0v) is 11.7. The summed E-state index contributed by atoms with van der Waals surface area (Å²) >= 11 is 0. The molecule has 0 bridgehead atoms. The molecule has 0 radical (unpaired) electrons. The Bertz CT molecular complexity index is 434. The largest absolute Gasteiger partial charge is 0.383 e. The molecule has 0 spiro atoms. The maximum absolute atomic E-state index is 12.5. The number of amides is 1. The second-order valence-electron chi connectivity index (χ2n) is 4.95. The molecular formula is C15H22N2O2. The van der Waals surface area contributed by atoms with Crippen LogP contribution < -0.4 is 5.32 Å². The van der Waals surface area contributed by atoms with E-state index in [2.05, 4.69) is 11.4 Å².